The number of ether oxygens (including phenoxy) is 1. The van der Waals surface area contributed by atoms with E-state index in [1.165, 1.54) is 24.3 Å². The van der Waals surface area contributed by atoms with Crippen LogP contribution < -0.4 is 0 Å². The molecule has 158 valence electrons. The number of nitro groups is 1. The minimum atomic E-state index is -0.856. The molecule has 1 aromatic carbocycles. The second-order valence-corrected chi connectivity index (χ2v) is 9.77. The Morgan fingerprint density at radius 2 is 1.60 bits per heavy atom. The first-order valence-corrected chi connectivity index (χ1v) is 11.1. The molecular weight excluding hydrogens is 528 g/mol. The SMILES string of the molecule is O=C(CN1C(=O)[C@@H]2[C@H]3C[C@@H]([C@H](Br)[C@H]3Br)[C@@H]2C1=O)OCC(=O)c1ccc([N+](=O)[O-])cc1. The third-order valence-electron chi connectivity index (χ3n) is 6.13. The Morgan fingerprint density at radius 3 is 2.10 bits per heavy atom. The molecule has 3 aliphatic rings. The number of non-ortho nitro benzene ring substituents is 1. The smallest absolute Gasteiger partial charge is 0.326 e. The van der Waals surface area contributed by atoms with Gasteiger partial charge in [-0.2, -0.15) is 0 Å². The zero-order valence-electron chi connectivity index (χ0n) is 15.4. The number of carbonyl (C=O) groups is 4. The molecule has 0 spiro atoms. The van der Waals surface area contributed by atoms with Crippen molar-refractivity contribution in [2.24, 2.45) is 23.7 Å². The van der Waals surface area contributed by atoms with Crippen LogP contribution in [0.15, 0.2) is 24.3 Å². The molecule has 2 amide bonds. The van der Waals surface area contributed by atoms with Gasteiger partial charge in [0.05, 0.1) is 16.8 Å². The average Bonchev–Trinajstić information content (AvgIpc) is 3.33. The van der Waals surface area contributed by atoms with Crippen LogP contribution in [0.4, 0.5) is 5.69 Å². The zero-order chi connectivity index (χ0) is 21.7. The number of ketones is 1. The molecule has 2 aliphatic carbocycles. The fraction of sp³-hybridized carbons (Fsp3) is 0.474. The van der Waals surface area contributed by atoms with Crippen LogP contribution in [0.5, 0.6) is 0 Å². The number of esters is 1. The first-order chi connectivity index (χ1) is 14.2. The van der Waals surface area contributed by atoms with E-state index in [9.17, 15) is 29.3 Å². The summed E-state index contributed by atoms with van der Waals surface area (Å²) in [6, 6.07) is 4.90. The van der Waals surface area contributed by atoms with Gasteiger partial charge in [-0.3, -0.25) is 34.2 Å². The van der Waals surface area contributed by atoms with Gasteiger partial charge in [-0.1, -0.05) is 31.9 Å². The molecule has 3 fully saturated rings. The third kappa shape index (κ3) is 3.37. The van der Waals surface area contributed by atoms with Crippen molar-refractivity contribution in [1.29, 1.82) is 0 Å². The molecule has 1 aliphatic heterocycles. The van der Waals surface area contributed by atoms with Gasteiger partial charge in [-0.25, -0.2) is 0 Å². The van der Waals surface area contributed by atoms with Gasteiger partial charge < -0.3 is 4.74 Å². The quantitative estimate of drug-likeness (QED) is 0.134. The zero-order valence-corrected chi connectivity index (χ0v) is 18.6. The van der Waals surface area contributed by atoms with Crippen molar-refractivity contribution in [3.63, 3.8) is 0 Å². The molecule has 9 nitrogen and oxygen atoms in total. The number of alkyl halides is 2. The molecule has 11 heteroatoms. The third-order valence-corrected chi connectivity index (χ3v) is 9.34. The summed E-state index contributed by atoms with van der Waals surface area (Å²) in [7, 11) is 0. The summed E-state index contributed by atoms with van der Waals surface area (Å²) in [6.07, 6.45) is 0.792. The lowest BCUT2D eigenvalue weighted by Crippen LogP contribution is -2.38. The fourth-order valence-electron chi connectivity index (χ4n) is 4.74. The van der Waals surface area contributed by atoms with E-state index in [1.54, 1.807) is 0 Å². The van der Waals surface area contributed by atoms with Crippen molar-refractivity contribution < 1.29 is 28.8 Å². The number of carbonyl (C=O) groups excluding carboxylic acids is 4. The van der Waals surface area contributed by atoms with Crippen LogP contribution in [0, 0.1) is 33.8 Å². The largest absolute Gasteiger partial charge is 0.456 e. The number of imide groups is 1. The Balaban J connectivity index is 1.34. The van der Waals surface area contributed by atoms with Crippen molar-refractivity contribution in [3.05, 3.63) is 39.9 Å². The monoisotopic (exact) mass is 542 g/mol. The number of hydrogen-bond acceptors (Lipinski definition) is 7. The van der Waals surface area contributed by atoms with Gasteiger partial charge in [-0.05, 0) is 30.4 Å². The van der Waals surface area contributed by atoms with Gasteiger partial charge in [0.15, 0.2) is 12.4 Å². The van der Waals surface area contributed by atoms with Crippen LogP contribution in [0.1, 0.15) is 16.8 Å². The number of Topliss-reactive ketones (excluding diaryl/α,β-unsaturated/α-hetero) is 1. The lowest BCUT2D eigenvalue weighted by molar-refractivity contribution is -0.384. The number of hydrogen-bond donors (Lipinski definition) is 0. The fourth-order valence-corrected chi connectivity index (χ4v) is 6.61. The van der Waals surface area contributed by atoms with E-state index in [0.29, 0.717) is 0 Å². The van der Waals surface area contributed by atoms with Crippen LogP contribution in [0.25, 0.3) is 0 Å². The van der Waals surface area contributed by atoms with E-state index in [0.717, 1.165) is 11.3 Å². The lowest BCUT2D eigenvalue weighted by Gasteiger charge is -2.28. The first kappa shape index (κ1) is 21.1. The van der Waals surface area contributed by atoms with Crippen molar-refractivity contribution in [3.8, 4) is 0 Å². The predicted molar refractivity (Wildman–Crippen MR) is 109 cm³/mol. The van der Waals surface area contributed by atoms with Gasteiger partial charge in [-0.15, -0.1) is 0 Å². The lowest BCUT2D eigenvalue weighted by atomic mass is 9.81. The van der Waals surface area contributed by atoms with E-state index in [2.05, 4.69) is 31.9 Å². The Kier molecular flexibility index (Phi) is 5.52. The highest BCUT2D eigenvalue weighted by molar-refractivity contribution is 9.12. The molecule has 4 rings (SSSR count). The van der Waals surface area contributed by atoms with E-state index >= 15 is 0 Å². The summed E-state index contributed by atoms with van der Waals surface area (Å²) < 4.78 is 4.94. The van der Waals surface area contributed by atoms with E-state index in [-0.39, 0.29) is 44.6 Å². The predicted octanol–water partition coefficient (Wildman–Crippen LogP) is 2.10. The molecule has 1 heterocycles. The molecule has 1 saturated heterocycles. The van der Waals surface area contributed by atoms with Gasteiger partial charge >= 0.3 is 5.97 Å². The number of nitro benzene ring substituents is 1. The standard InChI is InChI=1S/C19H16Br2N2O7/c20-16-10-5-11(17(16)21)15-14(10)18(26)22(19(15)27)6-13(25)30-7-12(24)8-1-3-9(4-2-8)23(28)29/h1-4,10-11,14-17H,5-7H2/t10-,11-,14-,15+,16+,17+/m1/s1. The Hall–Kier alpha value is -2.14. The molecule has 2 bridgehead atoms. The maximum Gasteiger partial charge on any atom is 0.326 e. The minimum absolute atomic E-state index is 0.0468. The average molecular weight is 544 g/mol. The van der Waals surface area contributed by atoms with E-state index in [4.69, 9.17) is 4.74 Å². The molecule has 6 atom stereocenters. The maximum atomic E-state index is 12.8. The second kappa shape index (κ2) is 7.84. The number of halogens is 2. The van der Waals surface area contributed by atoms with Crippen LogP contribution >= 0.6 is 31.9 Å². The van der Waals surface area contributed by atoms with Gasteiger partial charge in [0.25, 0.3) is 5.69 Å². The molecule has 0 radical (unpaired) electrons. The van der Waals surface area contributed by atoms with Crippen LogP contribution in [-0.2, 0) is 19.1 Å². The number of likely N-dealkylation sites (tertiary alicyclic amines) is 1. The molecule has 0 aromatic heterocycles. The molecule has 0 unspecified atom stereocenters. The number of nitrogens with zero attached hydrogens (tertiary/aromatic N) is 2. The molecular formula is C19H16Br2N2O7. The highest BCUT2D eigenvalue weighted by Crippen LogP contribution is 2.60. The van der Waals surface area contributed by atoms with Gasteiger partial charge in [0.1, 0.15) is 6.54 Å². The van der Waals surface area contributed by atoms with Gasteiger partial charge in [0.2, 0.25) is 11.8 Å². The first-order valence-electron chi connectivity index (χ1n) is 9.27. The van der Waals surface area contributed by atoms with Crippen molar-refractivity contribution >= 4 is 61.1 Å². The number of benzene rings is 1. The normalized spacial score (nSPS) is 31.7. The summed E-state index contributed by atoms with van der Waals surface area (Å²) in [5.74, 6) is -2.87. The van der Waals surface area contributed by atoms with E-state index in [1.807, 2.05) is 0 Å². The van der Waals surface area contributed by atoms with Crippen LogP contribution in [0.3, 0.4) is 0 Å². The summed E-state index contributed by atoms with van der Waals surface area (Å²) in [4.78, 5) is 61.0. The van der Waals surface area contributed by atoms with Crippen molar-refractivity contribution in [2.45, 2.75) is 16.1 Å². The van der Waals surface area contributed by atoms with Crippen LogP contribution in [0.2, 0.25) is 0 Å². The van der Waals surface area contributed by atoms with Gasteiger partial charge in [0, 0.05) is 27.4 Å². The summed E-state index contributed by atoms with van der Waals surface area (Å²) in [6.45, 7) is -1.12. The number of rotatable bonds is 6. The highest BCUT2D eigenvalue weighted by Gasteiger charge is 2.66. The molecule has 2 saturated carbocycles. The van der Waals surface area contributed by atoms with E-state index < -0.39 is 41.7 Å². The Bertz CT molecular complexity index is 919. The molecule has 0 N–H and O–H groups in total. The molecule has 1 aromatic rings. The topological polar surface area (TPSA) is 124 Å². The highest BCUT2D eigenvalue weighted by atomic mass is 79.9. The molecule has 30 heavy (non-hydrogen) atoms. The Labute approximate surface area is 187 Å². The van der Waals surface area contributed by atoms with Crippen molar-refractivity contribution in [1.82, 2.24) is 4.90 Å². The number of amides is 2. The van der Waals surface area contributed by atoms with Crippen molar-refractivity contribution in [2.75, 3.05) is 13.2 Å². The minimum Gasteiger partial charge on any atom is -0.456 e. The summed E-state index contributed by atoms with van der Waals surface area (Å²) in [5.41, 5.74) is -0.00915. The summed E-state index contributed by atoms with van der Waals surface area (Å²) in [5, 5.41) is 10.7. The Morgan fingerprint density at radius 1 is 1.07 bits per heavy atom. The summed E-state index contributed by atoms with van der Waals surface area (Å²) >= 11 is 7.19. The number of fused-ring (bicyclic) bond motifs is 5. The second-order valence-electron chi connectivity index (χ2n) is 7.65. The van der Waals surface area contributed by atoms with Crippen LogP contribution in [-0.4, -0.2) is 56.2 Å². The maximum absolute atomic E-state index is 12.8.